The molecule has 0 fully saturated rings. The van der Waals surface area contributed by atoms with Gasteiger partial charge in [0.1, 0.15) is 5.82 Å². The van der Waals surface area contributed by atoms with E-state index in [1.807, 2.05) is 0 Å². The Morgan fingerprint density at radius 1 is 1.07 bits per heavy atom. The summed E-state index contributed by atoms with van der Waals surface area (Å²) in [5, 5.41) is 5.05. The SMILES string of the molecule is Cc1cccc(Cn2cc(C(F)(F)F)nc2-c2ccc(S(N)(=O)=O)cc2)n1. The van der Waals surface area contributed by atoms with E-state index in [9.17, 15) is 21.6 Å². The molecule has 0 saturated carbocycles. The van der Waals surface area contributed by atoms with E-state index in [-0.39, 0.29) is 17.3 Å². The molecule has 2 heterocycles. The van der Waals surface area contributed by atoms with Crippen molar-refractivity contribution < 1.29 is 21.6 Å². The molecule has 2 N–H and O–H groups in total. The van der Waals surface area contributed by atoms with Gasteiger partial charge in [0.2, 0.25) is 10.0 Å². The number of nitrogens with two attached hydrogens (primary N) is 1. The maximum Gasteiger partial charge on any atom is 0.434 e. The van der Waals surface area contributed by atoms with Crippen LogP contribution in [0.4, 0.5) is 13.2 Å². The van der Waals surface area contributed by atoms with Crippen molar-refractivity contribution in [3.8, 4) is 11.4 Å². The Balaban J connectivity index is 2.06. The van der Waals surface area contributed by atoms with Crippen molar-refractivity contribution in [1.82, 2.24) is 14.5 Å². The molecular weight excluding hydrogens is 381 g/mol. The highest BCUT2D eigenvalue weighted by Crippen LogP contribution is 2.31. The Morgan fingerprint density at radius 2 is 1.74 bits per heavy atom. The molecule has 0 bridgehead atoms. The van der Waals surface area contributed by atoms with Crippen molar-refractivity contribution in [2.45, 2.75) is 24.5 Å². The van der Waals surface area contributed by atoms with E-state index in [0.717, 1.165) is 11.9 Å². The molecule has 27 heavy (non-hydrogen) atoms. The van der Waals surface area contributed by atoms with Gasteiger partial charge in [-0.15, -0.1) is 0 Å². The number of alkyl halides is 3. The molecule has 2 aromatic heterocycles. The molecule has 3 rings (SSSR count). The van der Waals surface area contributed by atoms with Crippen LogP contribution >= 0.6 is 0 Å². The van der Waals surface area contributed by atoms with Gasteiger partial charge in [0.15, 0.2) is 5.69 Å². The average Bonchev–Trinajstić information content (AvgIpc) is 2.98. The van der Waals surface area contributed by atoms with E-state index in [2.05, 4.69) is 9.97 Å². The molecule has 0 amide bonds. The molecule has 0 spiro atoms. The number of imidazole rings is 1. The summed E-state index contributed by atoms with van der Waals surface area (Å²) < 4.78 is 63.4. The third-order valence-electron chi connectivity index (χ3n) is 3.79. The lowest BCUT2D eigenvalue weighted by Gasteiger charge is -2.08. The van der Waals surface area contributed by atoms with Crippen molar-refractivity contribution in [2.24, 2.45) is 5.14 Å². The van der Waals surface area contributed by atoms with Crippen LogP contribution in [0.15, 0.2) is 53.6 Å². The smallest absolute Gasteiger partial charge is 0.324 e. The van der Waals surface area contributed by atoms with Crippen LogP contribution in [0.25, 0.3) is 11.4 Å². The Hall–Kier alpha value is -2.72. The normalized spacial score (nSPS) is 12.3. The van der Waals surface area contributed by atoms with Crippen molar-refractivity contribution in [1.29, 1.82) is 0 Å². The predicted molar refractivity (Wildman–Crippen MR) is 92.1 cm³/mol. The van der Waals surface area contributed by atoms with Gasteiger partial charge in [0.05, 0.1) is 17.1 Å². The second kappa shape index (κ2) is 6.78. The quantitative estimate of drug-likeness (QED) is 0.734. The molecule has 0 atom stereocenters. The zero-order valence-corrected chi connectivity index (χ0v) is 14.9. The molecule has 0 saturated heterocycles. The van der Waals surface area contributed by atoms with Crippen LogP contribution in [0.2, 0.25) is 0 Å². The van der Waals surface area contributed by atoms with Gasteiger partial charge in [-0.3, -0.25) is 4.98 Å². The number of aromatic nitrogens is 3. The van der Waals surface area contributed by atoms with Crippen LogP contribution in [-0.2, 0) is 22.7 Å². The van der Waals surface area contributed by atoms with Crippen LogP contribution in [-0.4, -0.2) is 23.0 Å². The standard InChI is InChI=1S/C17H15F3N4O2S/c1-11-3-2-4-13(22-11)9-24-10-15(17(18,19)20)23-16(24)12-5-7-14(8-6-12)27(21,25)26/h2-8,10H,9H2,1H3,(H2,21,25,26). The van der Waals surface area contributed by atoms with Crippen molar-refractivity contribution in [3.63, 3.8) is 0 Å². The van der Waals surface area contributed by atoms with Gasteiger partial charge in [-0.05, 0) is 43.3 Å². The van der Waals surface area contributed by atoms with Gasteiger partial charge >= 0.3 is 6.18 Å². The third kappa shape index (κ3) is 4.34. The van der Waals surface area contributed by atoms with Crippen molar-refractivity contribution in [2.75, 3.05) is 0 Å². The monoisotopic (exact) mass is 396 g/mol. The largest absolute Gasteiger partial charge is 0.434 e. The molecular formula is C17H15F3N4O2S. The number of benzene rings is 1. The van der Waals surface area contributed by atoms with Gasteiger partial charge < -0.3 is 4.57 Å². The van der Waals surface area contributed by atoms with E-state index in [0.29, 0.717) is 11.3 Å². The minimum atomic E-state index is -4.61. The van der Waals surface area contributed by atoms with E-state index < -0.39 is 21.9 Å². The zero-order chi connectivity index (χ0) is 19.8. The topological polar surface area (TPSA) is 90.9 Å². The molecule has 10 heteroatoms. The first-order chi connectivity index (χ1) is 12.5. The molecule has 3 aromatic rings. The number of hydrogen-bond acceptors (Lipinski definition) is 4. The summed E-state index contributed by atoms with van der Waals surface area (Å²) in [6.45, 7) is 1.86. The number of sulfonamides is 1. The van der Waals surface area contributed by atoms with Gasteiger partial charge in [0.25, 0.3) is 0 Å². The van der Waals surface area contributed by atoms with E-state index in [1.165, 1.54) is 28.8 Å². The molecule has 6 nitrogen and oxygen atoms in total. The van der Waals surface area contributed by atoms with Gasteiger partial charge in [-0.2, -0.15) is 13.2 Å². The summed E-state index contributed by atoms with van der Waals surface area (Å²) in [6, 6.07) is 10.4. The van der Waals surface area contributed by atoms with E-state index in [1.54, 1.807) is 25.1 Å². The molecule has 1 aromatic carbocycles. The Morgan fingerprint density at radius 3 is 2.30 bits per heavy atom. The van der Waals surface area contributed by atoms with Gasteiger partial charge in [-0.1, -0.05) is 6.07 Å². The van der Waals surface area contributed by atoms with Crippen LogP contribution < -0.4 is 5.14 Å². The highest BCUT2D eigenvalue weighted by Gasteiger charge is 2.35. The number of pyridine rings is 1. The number of hydrogen-bond donors (Lipinski definition) is 1. The summed E-state index contributed by atoms with van der Waals surface area (Å²) in [5.74, 6) is 0.0478. The van der Waals surface area contributed by atoms with Crippen molar-refractivity contribution in [3.05, 3.63) is 65.7 Å². The lowest BCUT2D eigenvalue weighted by molar-refractivity contribution is -0.140. The number of halogens is 3. The molecule has 0 aliphatic rings. The summed E-state index contributed by atoms with van der Waals surface area (Å²) in [5.41, 5.74) is 0.595. The van der Waals surface area contributed by atoms with Crippen LogP contribution in [0, 0.1) is 6.92 Å². The number of aryl methyl sites for hydroxylation is 1. The van der Waals surface area contributed by atoms with E-state index >= 15 is 0 Å². The average molecular weight is 396 g/mol. The summed E-state index contributed by atoms with van der Waals surface area (Å²) in [7, 11) is -3.90. The molecule has 0 unspecified atom stereocenters. The van der Waals surface area contributed by atoms with E-state index in [4.69, 9.17) is 5.14 Å². The first-order valence-corrected chi connectivity index (χ1v) is 9.29. The summed E-state index contributed by atoms with van der Waals surface area (Å²) in [6.07, 6.45) is -3.70. The second-order valence-corrected chi connectivity index (χ2v) is 7.48. The molecule has 0 aliphatic carbocycles. The highest BCUT2D eigenvalue weighted by atomic mass is 32.2. The first kappa shape index (κ1) is 19.1. The molecule has 142 valence electrons. The Labute approximate surface area is 153 Å². The number of primary sulfonamides is 1. The maximum absolute atomic E-state index is 13.1. The maximum atomic E-state index is 13.1. The molecule has 0 aliphatic heterocycles. The fourth-order valence-electron chi connectivity index (χ4n) is 2.56. The number of nitrogens with zero attached hydrogens (tertiary/aromatic N) is 3. The van der Waals surface area contributed by atoms with Crippen LogP contribution in [0.5, 0.6) is 0 Å². The van der Waals surface area contributed by atoms with Crippen LogP contribution in [0.1, 0.15) is 17.1 Å². The lowest BCUT2D eigenvalue weighted by atomic mass is 10.2. The van der Waals surface area contributed by atoms with Gasteiger partial charge in [0, 0.05) is 17.5 Å². The van der Waals surface area contributed by atoms with Crippen LogP contribution in [0.3, 0.4) is 0 Å². The third-order valence-corrected chi connectivity index (χ3v) is 4.72. The number of rotatable bonds is 4. The minimum absolute atomic E-state index is 0.0478. The van der Waals surface area contributed by atoms with Crippen molar-refractivity contribution >= 4 is 10.0 Å². The fraction of sp³-hybridized carbons (Fsp3) is 0.176. The highest BCUT2D eigenvalue weighted by molar-refractivity contribution is 7.89. The fourth-order valence-corrected chi connectivity index (χ4v) is 3.07. The Kier molecular flexibility index (Phi) is 4.79. The van der Waals surface area contributed by atoms with Gasteiger partial charge in [-0.25, -0.2) is 18.5 Å². The Bertz CT molecular complexity index is 1070. The zero-order valence-electron chi connectivity index (χ0n) is 14.1. The molecule has 0 radical (unpaired) electrons. The summed E-state index contributed by atoms with van der Waals surface area (Å²) >= 11 is 0. The lowest BCUT2D eigenvalue weighted by Crippen LogP contribution is -2.11. The second-order valence-electron chi connectivity index (χ2n) is 5.92. The summed E-state index contributed by atoms with van der Waals surface area (Å²) in [4.78, 5) is 7.85. The minimum Gasteiger partial charge on any atom is -0.324 e. The first-order valence-electron chi connectivity index (χ1n) is 7.74. The predicted octanol–water partition coefficient (Wildman–Crippen LogP) is 2.97.